The summed E-state index contributed by atoms with van der Waals surface area (Å²) in [5.74, 6) is -1.34. The van der Waals surface area contributed by atoms with Gasteiger partial charge in [-0.05, 0) is 6.07 Å². The smallest absolute Gasteiger partial charge is 0.323 e. The Morgan fingerprint density at radius 2 is 2.27 bits per heavy atom. The van der Waals surface area contributed by atoms with Crippen LogP contribution in [0.2, 0.25) is 0 Å². The van der Waals surface area contributed by atoms with Gasteiger partial charge in [0.1, 0.15) is 12.2 Å². The summed E-state index contributed by atoms with van der Waals surface area (Å²) < 4.78 is 1.37. The molecule has 0 saturated heterocycles. The maximum Gasteiger partial charge on any atom is 0.323 e. The number of hydrogen-bond donors (Lipinski definition) is 3. The van der Waals surface area contributed by atoms with Crippen LogP contribution in [0.1, 0.15) is 0 Å². The lowest BCUT2D eigenvalue weighted by molar-refractivity contribution is -0.137. The Labute approximate surface area is 83.8 Å². The molecular weight excluding hydrogens is 200 g/mol. The number of rotatable bonds is 2. The number of fused-ring (bicyclic) bond motifs is 1. The van der Waals surface area contributed by atoms with Crippen molar-refractivity contribution in [2.24, 2.45) is 0 Å². The predicted molar refractivity (Wildman–Crippen MR) is 51.2 cm³/mol. The van der Waals surface area contributed by atoms with Crippen LogP contribution in [0.15, 0.2) is 12.3 Å². The van der Waals surface area contributed by atoms with Gasteiger partial charge in [-0.15, -0.1) is 0 Å². The molecule has 15 heavy (non-hydrogen) atoms. The van der Waals surface area contributed by atoms with Gasteiger partial charge < -0.3 is 20.5 Å². The van der Waals surface area contributed by atoms with E-state index >= 15 is 0 Å². The maximum atomic E-state index is 10.5. The second kappa shape index (κ2) is 3.12. The highest BCUT2D eigenvalue weighted by Crippen LogP contribution is 2.22. The Kier molecular flexibility index (Phi) is 1.93. The quantitative estimate of drug-likeness (QED) is 0.629. The normalized spacial score (nSPS) is 10.7. The van der Waals surface area contributed by atoms with Crippen LogP contribution < -0.4 is 5.73 Å². The summed E-state index contributed by atoms with van der Waals surface area (Å²) >= 11 is 0. The van der Waals surface area contributed by atoms with Gasteiger partial charge in [0.15, 0.2) is 0 Å². The van der Waals surface area contributed by atoms with Crippen LogP contribution in [0.4, 0.5) is 5.95 Å². The van der Waals surface area contributed by atoms with Gasteiger partial charge in [-0.25, -0.2) is 0 Å². The molecule has 0 fully saturated rings. The van der Waals surface area contributed by atoms with E-state index in [0.29, 0.717) is 11.0 Å². The summed E-state index contributed by atoms with van der Waals surface area (Å²) in [6.45, 7) is -0.237. The molecule has 0 radical (unpaired) electrons. The maximum absolute atomic E-state index is 10.5. The second-order valence-electron chi connectivity index (χ2n) is 2.98. The van der Waals surface area contributed by atoms with Gasteiger partial charge in [0.2, 0.25) is 11.8 Å². The first kappa shape index (κ1) is 9.25. The van der Waals surface area contributed by atoms with E-state index < -0.39 is 5.97 Å². The second-order valence-corrected chi connectivity index (χ2v) is 2.98. The van der Waals surface area contributed by atoms with Crippen molar-refractivity contribution in [2.75, 3.05) is 5.73 Å². The van der Waals surface area contributed by atoms with E-state index in [4.69, 9.17) is 10.8 Å². The molecule has 0 bridgehead atoms. The number of carboxylic acids is 1. The Morgan fingerprint density at radius 1 is 1.53 bits per heavy atom. The molecule has 0 aromatic carbocycles. The molecule has 4 N–H and O–H groups in total. The zero-order valence-corrected chi connectivity index (χ0v) is 7.58. The lowest BCUT2D eigenvalue weighted by Crippen LogP contribution is -2.08. The molecule has 2 aromatic rings. The Morgan fingerprint density at radius 3 is 2.93 bits per heavy atom. The number of nitrogens with zero attached hydrogens (tertiary/aromatic N) is 3. The molecule has 0 saturated carbocycles. The number of nitrogen functional groups attached to an aromatic ring is 1. The molecule has 7 nitrogen and oxygen atoms in total. The summed E-state index contributed by atoms with van der Waals surface area (Å²) in [7, 11) is 0. The third-order valence-corrected chi connectivity index (χ3v) is 1.92. The molecule has 78 valence electrons. The molecule has 0 aliphatic heterocycles. The van der Waals surface area contributed by atoms with Crippen molar-refractivity contribution in [3.05, 3.63) is 12.3 Å². The summed E-state index contributed by atoms with van der Waals surface area (Å²) in [4.78, 5) is 17.9. The van der Waals surface area contributed by atoms with Crippen LogP contribution in [0.25, 0.3) is 11.0 Å². The first-order valence-electron chi connectivity index (χ1n) is 4.11. The largest absolute Gasteiger partial charge is 0.493 e. The molecule has 0 aliphatic rings. The van der Waals surface area contributed by atoms with Crippen LogP contribution in [-0.4, -0.2) is 30.7 Å². The third-order valence-electron chi connectivity index (χ3n) is 1.92. The monoisotopic (exact) mass is 208 g/mol. The molecule has 0 spiro atoms. The van der Waals surface area contributed by atoms with Gasteiger partial charge in [0, 0.05) is 6.20 Å². The highest BCUT2D eigenvalue weighted by Gasteiger charge is 2.10. The molecule has 0 amide bonds. The third kappa shape index (κ3) is 1.54. The molecule has 0 unspecified atom stereocenters. The minimum Gasteiger partial charge on any atom is -0.493 e. The molecule has 2 aromatic heterocycles. The van der Waals surface area contributed by atoms with Crippen LogP contribution in [0.3, 0.4) is 0 Å². The Balaban J connectivity index is 2.63. The zero-order valence-electron chi connectivity index (χ0n) is 7.58. The van der Waals surface area contributed by atoms with Crippen LogP contribution >= 0.6 is 0 Å². The minimum atomic E-state index is -0.996. The molecular formula is C8H8N4O3. The van der Waals surface area contributed by atoms with Gasteiger partial charge >= 0.3 is 5.97 Å². The predicted octanol–water partition coefficient (Wildman–Crippen LogP) is -0.196. The molecule has 0 aliphatic carbocycles. The van der Waals surface area contributed by atoms with E-state index in [-0.39, 0.29) is 18.4 Å². The fraction of sp³-hybridized carbons (Fsp3) is 0.125. The number of carboxylic acid groups (broad SMARTS) is 1. The number of aromatic nitrogens is 3. The number of nitrogens with two attached hydrogens (primary N) is 1. The zero-order chi connectivity index (χ0) is 11.0. The van der Waals surface area contributed by atoms with Crippen LogP contribution in [-0.2, 0) is 11.3 Å². The van der Waals surface area contributed by atoms with Crippen molar-refractivity contribution >= 4 is 23.0 Å². The van der Waals surface area contributed by atoms with Crippen molar-refractivity contribution < 1.29 is 15.0 Å². The fourth-order valence-electron chi connectivity index (χ4n) is 1.34. The number of hydrogen-bond acceptors (Lipinski definition) is 5. The SMILES string of the molecule is Nc1nc(O)c2ccn(CC(=O)O)c2n1. The number of carbonyl (C=O) groups is 1. The number of aliphatic carboxylic acids is 1. The first-order chi connectivity index (χ1) is 7.08. The van der Waals surface area contributed by atoms with E-state index in [1.807, 2.05) is 0 Å². The highest BCUT2D eigenvalue weighted by atomic mass is 16.4. The lowest BCUT2D eigenvalue weighted by atomic mass is 10.4. The summed E-state index contributed by atoms with van der Waals surface area (Å²) in [5.41, 5.74) is 5.65. The van der Waals surface area contributed by atoms with Crippen molar-refractivity contribution in [3.63, 3.8) is 0 Å². The van der Waals surface area contributed by atoms with E-state index in [1.54, 1.807) is 0 Å². The van der Waals surface area contributed by atoms with Crippen molar-refractivity contribution in [1.82, 2.24) is 14.5 Å². The summed E-state index contributed by atoms with van der Waals surface area (Å²) in [6, 6.07) is 1.53. The van der Waals surface area contributed by atoms with Crippen LogP contribution in [0.5, 0.6) is 5.88 Å². The number of aromatic hydroxyl groups is 1. The van der Waals surface area contributed by atoms with Crippen molar-refractivity contribution in [2.45, 2.75) is 6.54 Å². The molecule has 7 heteroatoms. The van der Waals surface area contributed by atoms with E-state index in [2.05, 4.69) is 9.97 Å². The van der Waals surface area contributed by atoms with Crippen LogP contribution in [0, 0.1) is 0 Å². The topological polar surface area (TPSA) is 114 Å². The molecule has 2 heterocycles. The van der Waals surface area contributed by atoms with Gasteiger partial charge in [0.25, 0.3) is 0 Å². The summed E-state index contributed by atoms with van der Waals surface area (Å²) in [5, 5.41) is 18.4. The van der Waals surface area contributed by atoms with Gasteiger partial charge in [0.05, 0.1) is 5.39 Å². The average Bonchev–Trinajstić information content (AvgIpc) is 2.48. The van der Waals surface area contributed by atoms with Crippen molar-refractivity contribution in [1.29, 1.82) is 0 Å². The van der Waals surface area contributed by atoms with E-state index in [9.17, 15) is 9.90 Å². The van der Waals surface area contributed by atoms with E-state index in [1.165, 1.54) is 16.8 Å². The highest BCUT2D eigenvalue weighted by molar-refractivity contribution is 5.83. The van der Waals surface area contributed by atoms with Gasteiger partial charge in [-0.3, -0.25) is 4.79 Å². The fourth-order valence-corrected chi connectivity index (χ4v) is 1.34. The molecule has 0 atom stereocenters. The first-order valence-corrected chi connectivity index (χ1v) is 4.11. The van der Waals surface area contributed by atoms with Crippen molar-refractivity contribution in [3.8, 4) is 5.88 Å². The summed E-state index contributed by atoms with van der Waals surface area (Å²) in [6.07, 6.45) is 1.51. The molecule has 2 rings (SSSR count). The Bertz CT molecular complexity index is 534. The number of anilines is 1. The van der Waals surface area contributed by atoms with E-state index in [0.717, 1.165) is 0 Å². The van der Waals surface area contributed by atoms with Gasteiger partial charge in [-0.1, -0.05) is 0 Å². The lowest BCUT2D eigenvalue weighted by Gasteiger charge is -2.01. The Hall–Kier alpha value is -2.31. The minimum absolute atomic E-state index is 0.0923. The van der Waals surface area contributed by atoms with Gasteiger partial charge in [-0.2, -0.15) is 9.97 Å². The average molecular weight is 208 g/mol. The standard InChI is InChI=1S/C8H8N4O3/c9-8-10-6-4(7(15)11-8)1-2-12(6)3-5(13)14/h1-2H,3H2,(H,13,14)(H3,9,10,11,15).